The second-order valence-electron chi connectivity index (χ2n) is 6.00. The van der Waals surface area contributed by atoms with E-state index in [1.165, 1.54) is 5.56 Å². The quantitative estimate of drug-likeness (QED) is 0.843. The number of hydrogen-bond acceptors (Lipinski definition) is 3. The number of carbonyl (C=O) groups excluding carboxylic acids is 1. The van der Waals surface area contributed by atoms with Crippen molar-refractivity contribution < 1.29 is 14.6 Å². The maximum atomic E-state index is 12.8. The third-order valence-corrected chi connectivity index (χ3v) is 4.63. The van der Waals surface area contributed by atoms with E-state index < -0.39 is 6.10 Å². The van der Waals surface area contributed by atoms with Gasteiger partial charge in [0.25, 0.3) is 5.91 Å². The van der Waals surface area contributed by atoms with Crippen LogP contribution in [0.15, 0.2) is 24.3 Å². The molecule has 2 heterocycles. The van der Waals surface area contributed by atoms with Crippen molar-refractivity contribution >= 4 is 5.91 Å². The van der Waals surface area contributed by atoms with E-state index in [0.717, 1.165) is 18.4 Å². The van der Waals surface area contributed by atoms with Crippen molar-refractivity contribution in [2.75, 3.05) is 19.8 Å². The SMILES string of the molecule is C#C[C@H]1c2ccccc2CCN1C(=O)[C@@H]1CCC(CO)CO1. The smallest absolute Gasteiger partial charge is 0.252 e. The van der Waals surface area contributed by atoms with Gasteiger partial charge >= 0.3 is 0 Å². The molecule has 1 amide bonds. The Morgan fingerprint density at radius 2 is 2.23 bits per heavy atom. The summed E-state index contributed by atoms with van der Waals surface area (Å²) in [6.07, 6.45) is 7.57. The van der Waals surface area contributed by atoms with Gasteiger partial charge in [-0.05, 0) is 30.4 Å². The van der Waals surface area contributed by atoms with Gasteiger partial charge in [-0.15, -0.1) is 6.42 Å². The predicted molar refractivity (Wildman–Crippen MR) is 83.0 cm³/mol. The molecule has 1 aromatic carbocycles. The van der Waals surface area contributed by atoms with E-state index in [9.17, 15) is 4.79 Å². The van der Waals surface area contributed by atoms with Gasteiger partial charge in [-0.25, -0.2) is 0 Å². The molecule has 1 unspecified atom stereocenters. The van der Waals surface area contributed by atoms with Crippen LogP contribution < -0.4 is 0 Å². The number of aliphatic hydroxyl groups is 1. The average Bonchev–Trinajstić information content (AvgIpc) is 2.60. The summed E-state index contributed by atoms with van der Waals surface area (Å²) in [5, 5.41) is 9.15. The first-order chi connectivity index (χ1) is 10.7. The number of hydrogen-bond donors (Lipinski definition) is 1. The summed E-state index contributed by atoms with van der Waals surface area (Å²) in [7, 11) is 0. The van der Waals surface area contributed by atoms with E-state index in [4.69, 9.17) is 16.3 Å². The second-order valence-corrected chi connectivity index (χ2v) is 6.00. The molecule has 0 bridgehead atoms. The van der Waals surface area contributed by atoms with Gasteiger partial charge in [0.05, 0.1) is 6.61 Å². The summed E-state index contributed by atoms with van der Waals surface area (Å²) < 4.78 is 5.66. The highest BCUT2D eigenvalue weighted by Crippen LogP contribution is 2.31. The molecule has 0 aromatic heterocycles. The Labute approximate surface area is 131 Å². The molecule has 116 valence electrons. The number of terminal acetylenes is 1. The second kappa shape index (κ2) is 6.51. The van der Waals surface area contributed by atoms with Gasteiger partial charge in [0.2, 0.25) is 0 Å². The maximum Gasteiger partial charge on any atom is 0.252 e. The average molecular weight is 299 g/mol. The number of amides is 1. The van der Waals surface area contributed by atoms with E-state index >= 15 is 0 Å². The highest BCUT2D eigenvalue weighted by molar-refractivity contribution is 5.82. The number of carbonyl (C=O) groups is 1. The number of nitrogens with zero attached hydrogens (tertiary/aromatic N) is 1. The summed E-state index contributed by atoms with van der Waals surface area (Å²) in [6, 6.07) is 7.73. The number of ether oxygens (including phenoxy) is 1. The van der Waals surface area contributed by atoms with Crippen molar-refractivity contribution in [3.05, 3.63) is 35.4 Å². The minimum absolute atomic E-state index is 0.0196. The summed E-state index contributed by atoms with van der Waals surface area (Å²) >= 11 is 0. The zero-order chi connectivity index (χ0) is 15.5. The van der Waals surface area contributed by atoms with E-state index in [1.54, 1.807) is 4.90 Å². The zero-order valence-electron chi connectivity index (χ0n) is 12.6. The monoisotopic (exact) mass is 299 g/mol. The lowest BCUT2D eigenvalue weighted by Gasteiger charge is -2.38. The number of fused-ring (bicyclic) bond motifs is 1. The summed E-state index contributed by atoms with van der Waals surface area (Å²) in [5.41, 5.74) is 2.27. The van der Waals surface area contributed by atoms with E-state index in [-0.39, 0.29) is 24.5 Å². The van der Waals surface area contributed by atoms with Crippen LogP contribution in [0.3, 0.4) is 0 Å². The van der Waals surface area contributed by atoms with Crippen LogP contribution in [0.2, 0.25) is 0 Å². The molecule has 2 aliphatic heterocycles. The Balaban J connectivity index is 1.75. The highest BCUT2D eigenvalue weighted by Gasteiger charge is 2.35. The Morgan fingerprint density at radius 1 is 1.41 bits per heavy atom. The third-order valence-electron chi connectivity index (χ3n) is 4.63. The molecule has 1 fully saturated rings. The Kier molecular flexibility index (Phi) is 4.47. The number of aliphatic hydroxyl groups excluding tert-OH is 1. The fourth-order valence-electron chi connectivity index (χ4n) is 3.31. The number of benzene rings is 1. The van der Waals surface area contributed by atoms with E-state index in [1.807, 2.05) is 18.2 Å². The lowest BCUT2D eigenvalue weighted by atomic mass is 9.91. The topological polar surface area (TPSA) is 49.8 Å². The highest BCUT2D eigenvalue weighted by atomic mass is 16.5. The fourth-order valence-corrected chi connectivity index (χ4v) is 3.31. The molecule has 0 spiro atoms. The van der Waals surface area contributed by atoms with Gasteiger partial charge < -0.3 is 14.7 Å². The van der Waals surface area contributed by atoms with Gasteiger partial charge in [0.15, 0.2) is 0 Å². The molecule has 3 atom stereocenters. The largest absolute Gasteiger partial charge is 0.396 e. The minimum Gasteiger partial charge on any atom is -0.396 e. The maximum absolute atomic E-state index is 12.8. The predicted octanol–water partition coefficient (Wildman–Crippen LogP) is 1.53. The van der Waals surface area contributed by atoms with Crippen LogP contribution in [0.5, 0.6) is 0 Å². The van der Waals surface area contributed by atoms with E-state index in [0.29, 0.717) is 19.6 Å². The van der Waals surface area contributed by atoms with Crippen LogP contribution in [0.4, 0.5) is 0 Å². The molecule has 22 heavy (non-hydrogen) atoms. The van der Waals surface area contributed by atoms with Gasteiger partial charge in [0, 0.05) is 19.1 Å². The molecule has 0 saturated carbocycles. The van der Waals surface area contributed by atoms with Crippen LogP contribution in [-0.2, 0) is 16.0 Å². The first kappa shape index (κ1) is 15.1. The summed E-state index contributed by atoms with van der Waals surface area (Å²) in [6.45, 7) is 1.19. The molecule has 4 heteroatoms. The van der Waals surface area contributed by atoms with Crippen molar-refractivity contribution in [3.8, 4) is 12.3 Å². The first-order valence-corrected chi connectivity index (χ1v) is 7.81. The van der Waals surface area contributed by atoms with Crippen molar-refractivity contribution in [3.63, 3.8) is 0 Å². The number of rotatable bonds is 2. The molecule has 1 aromatic rings. The fraction of sp³-hybridized carbons (Fsp3) is 0.500. The lowest BCUT2D eigenvalue weighted by Crippen LogP contribution is -2.47. The first-order valence-electron chi connectivity index (χ1n) is 7.81. The normalized spacial score (nSPS) is 27.8. The molecule has 0 aliphatic carbocycles. The van der Waals surface area contributed by atoms with Crippen molar-refractivity contribution in [1.29, 1.82) is 0 Å². The minimum atomic E-state index is -0.427. The van der Waals surface area contributed by atoms with Gasteiger partial charge in [-0.2, -0.15) is 0 Å². The van der Waals surface area contributed by atoms with E-state index in [2.05, 4.69) is 12.0 Å². The van der Waals surface area contributed by atoms with Crippen LogP contribution in [0, 0.1) is 18.3 Å². The standard InChI is InChI=1S/C18H21NO3/c1-2-16-15-6-4-3-5-14(15)9-10-19(16)18(21)17-8-7-13(11-20)12-22-17/h1,3-6,13,16-17,20H,7-12H2/t13?,16-,17-/m0/s1. The molecular weight excluding hydrogens is 278 g/mol. The molecular formula is C18H21NO3. The van der Waals surface area contributed by atoms with Crippen molar-refractivity contribution in [2.24, 2.45) is 5.92 Å². The Hall–Kier alpha value is -1.83. The summed E-state index contributed by atoms with van der Waals surface area (Å²) in [5.74, 6) is 2.89. The molecule has 4 nitrogen and oxygen atoms in total. The van der Waals surface area contributed by atoms with Crippen LogP contribution in [-0.4, -0.2) is 41.8 Å². The van der Waals surface area contributed by atoms with Gasteiger partial charge in [0.1, 0.15) is 12.1 Å². The van der Waals surface area contributed by atoms with Crippen LogP contribution in [0.25, 0.3) is 0 Å². The van der Waals surface area contributed by atoms with Crippen LogP contribution >= 0.6 is 0 Å². The zero-order valence-corrected chi connectivity index (χ0v) is 12.6. The summed E-state index contributed by atoms with van der Waals surface area (Å²) in [4.78, 5) is 14.5. The Morgan fingerprint density at radius 3 is 2.91 bits per heavy atom. The molecule has 3 rings (SSSR count). The van der Waals surface area contributed by atoms with Crippen molar-refractivity contribution in [2.45, 2.75) is 31.4 Å². The Bertz CT molecular complexity index is 584. The molecule has 1 saturated heterocycles. The van der Waals surface area contributed by atoms with Gasteiger partial charge in [-0.3, -0.25) is 4.79 Å². The molecule has 1 N–H and O–H groups in total. The lowest BCUT2D eigenvalue weighted by molar-refractivity contribution is -0.151. The van der Waals surface area contributed by atoms with Crippen molar-refractivity contribution in [1.82, 2.24) is 4.90 Å². The van der Waals surface area contributed by atoms with Gasteiger partial charge in [-0.1, -0.05) is 30.2 Å². The van der Waals surface area contributed by atoms with Crippen LogP contribution in [0.1, 0.15) is 30.0 Å². The molecule has 2 aliphatic rings. The molecule has 0 radical (unpaired) electrons. The third kappa shape index (κ3) is 2.75.